The van der Waals surface area contributed by atoms with E-state index in [0.717, 1.165) is 17.8 Å². The van der Waals surface area contributed by atoms with Crippen LogP contribution in [0.4, 0.5) is 5.69 Å². The Morgan fingerprint density at radius 1 is 1.38 bits per heavy atom. The number of hydrogen-bond acceptors (Lipinski definition) is 2. The normalized spacial score (nSPS) is 10.2. The molecule has 0 radical (unpaired) electrons. The van der Waals surface area contributed by atoms with Gasteiger partial charge in [-0.1, -0.05) is 17.7 Å². The Labute approximate surface area is 79.8 Å². The third-order valence-corrected chi connectivity index (χ3v) is 2.29. The highest BCUT2D eigenvalue weighted by molar-refractivity contribution is 5.54. The van der Waals surface area contributed by atoms with Gasteiger partial charge in [-0.3, -0.25) is 0 Å². The van der Waals surface area contributed by atoms with E-state index in [1.165, 1.54) is 5.56 Å². The Kier molecular flexibility index (Phi) is 3.32. The van der Waals surface area contributed by atoms with E-state index in [1.807, 2.05) is 20.0 Å². The molecule has 0 aliphatic heterocycles. The van der Waals surface area contributed by atoms with Crippen molar-refractivity contribution in [3.63, 3.8) is 0 Å². The minimum Gasteiger partial charge on any atom is -0.392 e. The summed E-state index contributed by atoms with van der Waals surface area (Å²) in [5.41, 5.74) is 3.32. The number of aliphatic hydroxyl groups is 1. The maximum atomic E-state index is 9.16. The summed E-state index contributed by atoms with van der Waals surface area (Å²) in [5.74, 6) is 0. The van der Waals surface area contributed by atoms with Gasteiger partial charge >= 0.3 is 0 Å². The fraction of sp³-hybridized carbons (Fsp3) is 0.455. The Balaban J connectivity index is 3.05. The van der Waals surface area contributed by atoms with Crippen LogP contribution in [-0.2, 0) is 6.61 Å². The zero-order chi connectivity index (χ0) is 9.84. The van der Waals surface area contributed by atoms with Gasteiger partial charge < -0.3 is 10.0 Å². The van der Waals surface area contributed by atoms with Crippen molar-refractivity contribution in [3.8, 4) is 0 Å². The van der Waals surface area contributed by atoms with Gasteiger partial charge in [-0.2, -0.15) is 0 Å². The summed E-state index contributed by atoms with van der Waals surface area (Å²) in [7, 11) is 2.03. The predicted octanol–water partition coefficient (Wildman–Crippen LogP) is 1.94. The lowest BCUT2D eigenvalue weighted by Gasteiger charge is -2.20. The molecule has 0 saturated carbocycles. The SMILES string of the molecule is CCN(C)c1ccc(C)cc1CO. The van der Waals surface area contributed by atoms with Crippen LogP contribution in [0.25, 0.3) is 0 Å². The molecule has 0 fully saturated rings. The van der Waals surface area contributed by atoms with Gasteiger partial charge in [0.25, 0.3) is 0 Å². The average Bonchev–Trinajstić information content (AvgIpc) is 2.16. The van der Waals surface area contributed by atoms with Crippen LogP contribution >= 0.6 is 0 Å². The van der Waals surface area contributed by atoms with Crippen LogP contribution < -0.4 is 4.90 Å². The molecule has 1 rings (SSSR count). The fourth-order valence-electron chi connectivity index (χ4n) is 1.38. The number of rotatable bonds is 3. The molecule has 0 saturated heterocycles. The second kappa shape index (κ2) is 4.28. The lowest BCUT2D eigenvalue weighted by molar-refractivity contribution is 0.282. The summed E-state index contributed by atoms with van der Waals surface area (Å²) in [6.45, 7) is 5.20. The van der Waals surface area contributed by atoms with E-state index in [4.69, 9.17) is 5.11 Å². The molecule has 1 aromatic carbocycles. The molecule has 0 bridgehead atoms. The van der Waals surface area contributed by atoms with Gasteiger partial charge in [0.2, 0.25) is 0 Å². The van der Waals surface area contributed by atoms with Gasteiger partial charge in [0.1, 0.15) is 0 Å². The Bertz CT molecular complexity index is 283. The second-order valence-electron chi connectivity index (χ2n) is 3.30. The molecule has 1 aromatic rings. The number of hydrogen-bond donors (Lipinski definition) is 1. The van der Waals surface area contributed by atoms with Crippen LogP contribution in [0, 0.1) is 6.92 Å². The number of anilines is 1. The topological polar surface area (TPSA) is 23.5 Å². The minimum absolute atomic E-state index is 0.112. The van der Waals surface area contributed by atoms with E-state index < -0.39 is 0 Å². The molecule has 0 heterocycles. The third kappa shape index (κ3) is 2.22. The quantitative estimate of drug-likeness (QED) is 0.766. The van der Waals surface area contributed by atoms with Crippen molar-refractivity contribution < 1.29 is 5.11 Å². The van der Waals surface area contributed by atoms with Gasteiger partial charge in [-0.05, 0) is 19.9 Å². The summed E-state index contributed by atoms with van der Waals surface area (Å²) >= 11 is 0. The van der Waals surface area contributed by atoms with Crippen molar-refractivity contribution in [2.24, 2.45) is 0 Å². The van der Waals surface area contributed by atoms with E-state index in [-0.39, 0.29) is 6.61 Å². The Morgan fingerprint density at radius 2 is 2.08 bits per heavy atom. The first-order valence-corrected chi connectivity index (χ1v) is 4.60. The largest absolute Gasteiger partial charge is 0.392 e. The van der Waals surface area contributed by atoms with Gasteiger partial charge in [0.05, 0.1) is 6.61 Å². The summed E-state index contributed by atoms with van der Waals surface area (Å²) in [6.07, 6.45) is 0. The molecule has 72 valence electrons. The third-order valence-electron chi connectivity index (χ3n) is 2.29. The molecule has 0 spiro atoms. The zero-order valence-electron chi connectivity index (χ0n) is 8.54. The molecular formula is C11H17NO. The maximum absolute atomic E-state index is 9.16. The van der Waals surface area contributed by atoms with Crippen LogP contribution in [0.1, 0.15) is 18.1 Å². The van der Waals surface area contributed by atoms with Crippen LogP contribution in [0.3, 0.4) is 0 Å². The highest BCUT2D eigenvalue weighted by atomic mass is 16.3. The van der Waals surface area contributed by atoms with Crippen molar-refractivity contribution >= 4 is 5.69 Å². The molecule has 0 aromatic heterocycles. The van der Waals surface area contributed by atoms with Crippen molar-refractivity contribution in [1.29, 1.82) is 0 Å². The number of aryl methyl sites for hydroxylation is 1. The number of nitrogens with zero attached hydrogens (tertiary/aromatic N) is 1. The molecule has 0 aliphatic rings. The molecule has 13 heavy (non-hydrogen) atoms. The van der Waals surface area contributed by atoms with E-state index in [9.17, 15) is 0 Å². The summed E-state index contributed by atoms with van der Waals surface area (Å²) in [6, 6.07) is 6.16. The average molecular weight is 179 g/mol. The Hall–Kier alpha value is -1.02. The smallest absolute Gasteiger partial charge is 0.0702 e. The van der Waals surface area contributed by atoms with Gasteiger partial charge in [-0.15, -0.1) is 0 Å². The van der Waals surface area contributed by atoms with Crippen molar-refractivity contribution in [3.05, 3.63) is 29.3 Å². The highest BCUT2D eigenvalue weighted by Crippen LogP contribution is 2.20. The van der Waals surface area contributed by atoms with Crippen LogP contribution in [0.5, 0.6) is 0 Å². The van der Waals surface area contributed by atoms with Gasteiger partial charge in [0.15, 0.2) is 0 Å². The minimum atomic E-state index is 0.112. The second-order valence-corrected chi connectivity index (χ2v) is 3.30. The fourth-order valence-corrected chi connectivity index (χ4v) is 1.38. The number of aliphatic hydroxyl groups excluding tert-OH is 1. The summed E-state index contributed by atoms with van der Waals surface area (Å²) in [5, 5.41) is 9.16. The molecular weight excluding hydrogens is 162 g/mol. The van der Waals surface area contributed by atoms with Crippen LogP contribution in [0.15, 0.2) is 18.2 Å². The molecule has 0 amide bonds. The monoisotopic (exact) mass is 179 g/mol. The Morgan fingerprint density at radius 3 is 2.62 bits per heavy atom. The van der Waals surface area contributed by atoms with E-state index in [2.05, 4.69) is 24.0 Å². The van der Waals surface area contributed by atoms with Gasteiger partial charge in [0, 0.05) is 24.8 Å². The molecule has 0 atom stereocenters. The predicted molar refractivity (Wildman–Crippen MR) is 56.0 cm³/mol. The molecule has 0 aliphatic carbocycles. The van der Waals surface area contributed by atoms with Gasteiger partial charge in [-0.25, -0.2) is 0 Å². The van der Waals surface area contributed by atoms with Crippen molar-refractivity contribution in [2.75, 3.05) is 18.5 Å². The first-order valence-electron chi connectivity index (χ1n) is 4.60. The summed E-state index contributed by atoms with van der Waals surface area (Å²) < 4.78 is 0. The van der Waals surface area contributed by atoms with Crippen LogP contribution in [-0.4, -0.2) is 18.7 Å². The zero-order valence-corrected chi connectivity index (χ0v) is 8.54. The van der Waals surface area contributed by atoms with E-state index >= 15 is 0 Å². The first-order chi connectivity index (χ1) is 6.19. The molecule has 0 unspecified atom stereocenters. The molecule has 2 nitrogen and oxygen atoms in total. The lowest BCUT2D eigenvalue weighted by Crippen LogP contribution is -2.17. The van der Waals surface area contributed by atoms with E-state index in [1.54, 1.807) is 0 Å². The lowest BCUT2D eigenvalue weighted by atomic mass is 10.1. The summed E-state index contributed by atoms with van der Waals surface area (Å²) in [4.78, 5) is 2.13. The van der Waals surface area contributed by atoms with Crippen molar-refractivity contribution in [1.82, 2.24) is 0 Å². The maximum Gasteiger partial charge on any atom is 0.0702 e. The standard InChI is InChI=1S/C11H17NO/c1-4-12(3)11-6-5-9(2)7-10(11)8-13/h5-7,13H,4,8H2,1-3H3. The van der Waals surface area contributed by atoms with Crippen molar-refractivity contribution in [2.45, 2.75) is 20.5 Å². The first kappa shape index (κ1) is 10.1. The molecule has 2 heteroatoms. The molecule has 1 N–H and O–H groups in total. The number of benzene rings is 1. The van der Waals surface area contributed by atoms with E-state index in [0.29, 0.717) is 0 Å². The highest BCUT2D eigenvalue weighted by Gasteiger charge is 2.04. The van der Waals surface area contributed by atoms with Crippen LogP contribution in [0.2, 0.25) is 0 Å².